The van der Waals surface area contributed by atoms with Gasteiger partial charge in [0.15, 0.2) is 4.77 Å². The lowest BCUT2D eigenvalue weighted by Crippen LogP contribution is -2.30. The Balaban J connectivity index is 1.76. The number of benzene rings is 2. The Kier molecular flexibility index (Phi) is 5.61. The molecule has 0 unspecified atom stereocenters. The molecule has 0 aliphatic rings. The van der Waals surface area contributed by atoms with Crippen LogP contribution in [0.2, 0.25) is 0 Å². The van der Waals surface area contributed by atoms with E-state index in [2.05, 4.69) is 4.98 Å². The van der Waals surface area contributed by atoms with E-state index in [1.54, 1.807) is 46.6 Å². The summed E-state index contributed by atoms with van der Waals surface area (Å²) in [6.45, 7) is 3.00. The second-order valence-electron chi connectivity index (χ2n) is 6.68. The van der Waals surface area contributed by atoms with Crippen molar-refractivity contribution in [1.82, 2.24) is 14.5 Å². The predicted molar refractivity (Wildman–Crippen MR) is 119 cm³/mol. The summed E-state index contributed by atoms with van der Waals surface area (Å²) in [5.74, 6) is -0.678. The van der Waals surface area contributed by atoms with Crippen molar-refractivity contribution in [1.29, 1.82) is 0 Å². The van der Waals surface area contributed by atoms with Crippen molar-refractivity contribution in [3.63, 3.8) is 0 Å². The Morgan fingerprint density at radius 3 is 2.70 bits per heavy atom. The lowest BCUT2D eigenvalue weighted by molar-refractivity contribution is 0.0754. The molecule has 30 heavy (non-hydrogen) atoms. The third-order valence-electron chi connectivity index (χ3n) is 4.83. The molecule has 0 bridgehead atoms. The van der Waals surface area contributed by atoms with Crippen LogP contribution in [-0.2, 0) is 6.54 Å². The van der Waals surface area contributed by atoms with E-state index in [9.17, 15) is 14.0 Å². The number of halogens is 1. The molecule has 5 nitrogen and oxygen atoms in total. The van der Waals surface area contributed by atoms with Crippen LogP contribution in [0.1, 0.15) is 22.2 Å². The van der Waals surface area contributed by atoms with Crippen molar-refractivity contribution in [2.45, 2.75) is 13.5 Å². The van der Waals surface area contributed by atoms with Crippen LogP contribution >= 0.6 is 23.6 Å². The molecule has 0 spiro atoms. The predicted octanol–water partition coefficient (Wildman–Crippen LogP) is 4.91. The van der Waals surface area contributed by atoms with Gasteiger partial charge in [-0.05, 0) is 60.9 Å². The third-order valence-corrected chi connectivity index (χ3v) is 5.98. The number of carbonyl (C=O) groups is 1. The van der Waals surface area contributed by atoms with E-state index in [0.29, 0.717) is 29.6 Å². The summed E-state index contributed by atoms with van der Waals surface area (Å²) in [4.78, 5) is 31.8. The zero-order valence-corrected chi connectivity index (χ0v) is 17.7. The largest absolute Gasteiger partial charge is 0.334 e. The van der Waals surface area contributed by atoms with E-state index in [1.807, 2.05) is 24.4 Å². The Bertz CT molecular complexity index is 1340. The maximum Gasteiger partial charge on any atom is 0.266 e. The fraction of sp³-hybridized carbons (Fsp3) is 0.136. The highest BCUT2D eigenvalue weighted by atomic mass is 32.1. The average Bonchev–Trinajstić information content (AvgIpc) is 3.25. The first-order valence-corrected chi connectivity index (χ1v) is 10.6. The van der Waals surface area contributed by atoms with Crippen LogP contribution < -0.4 is 5.56 Å². The van der Waals surface area contributed by atoms with Gasteiger partial charge in [-0.1, -0.05) is 18.2 Å². The van der Waals surface area contributed by atoms with Crippen LogP contribution in [0, 0.1) is 10.6 Å². The minimum absolute atomic E-state index is 0.0631. The van der Waals surface area contributed by atoms with Crippen LogP contribution in [0.3, 0.4) is 0 Å². The Labute approximate surface area is 181 Å². The lowest BCUT2D eigenvalue weighted by atomic mass is 10.1. The van der Waals surface area contributed by atoms with E-state index in [-0.39, 0.29) is 16.4 Å². The molecule has 4 rings (SSSR count). The Morgan fingerprint density at radius 1 is 1.20 bits per heavy atom. The first-order chi connectivity index (χ1) is 14.5. The number of thiophene rings is 1. The van der Waals surface area contributed by atoms with Crippen LogP contribution in [0.25, 0.3) is 16.6 Å². The maximum absolute atomic E-state index is 14.2. The van der Waals surface area contributed by atoms with Gasteiger partial charge in [-0.3, -0.25) is 9.59 Å². The molecule has 8 heteroatoms. The van der Waals surface area contributed by atoms with Gasteiger partial charge >= 0.3 is 0 Å². The van der Waals surface area contributed by atoms with Gasteiger partial charge in [0.05, 0.1) is 23.1 Å². The number of rotatable bonds is 5. The van der Waals surface area contributed by atoms with E-state index >= 15 is 0 Å². The van der Waals surface area contributed by atoms with Crippen molar-refractivity contribution in [2.24, 2.45) is 0 Å². The number of hydrogen-bond donors (Lipinski definition) is 1. The van der Waals surface area contributed by atoms with Crippen molar-refractivity contribution < 1.29 is 9.18 Å². The standard InChI is InChI=1S/C22H18FN3O2S2/c1-2-25(13-15-6-5-11-30-15)20(27)14-9-10-16-18(12-14)24-22(29)26(21(16)28)19-8-4-3-7-17(19)23/h3-12H,2,13H2,1H3,(H,24,29). The fourth-order valence-electron chi connectivity index (χ4n) is 3.30. The van der Waals surface area contributed by atoms with Crippen molar-refractivity contribution >= 4 is 40.4 Å². The van der Waals surface area contributed by atoms with Gasteiger partial charge in [0.1, 0.15) is 5.82 Å². The molecule has 0 radical (unpaired) electrons. The van der Waals surface area contributed by atoms with Crippen molar-refractivity contribution in [3.8, 4) is 5.69 Å². The Morgan fingerprint density at radius 2 is 2.00 bits per heavy atom. The van der Waals surface area contributed by atoms with Crippen LogP contribution in [-0.4, -0.2) is 26.9 Å². The highest BCUT2D eigenvalue weighted by Crippen LogP contribution is 2.18. The number of aromatic nitrogens is 2. The van der Waals surface area contributed by atoms with Gasteiger partial charge in [0, 0.05) is 17.0 Å². The molecule has 0 fully saturated rings. The molecule has 0 saturated heterocycles. The van der Waals surface area contributed by atoms with E-state index in [4.69, 9.17) is 12.2 Å². The van der Waals surface area contributed by atoms with E-state index < -0.39 is 11.4 Å². The van der Waals surface area contributed by atoms with E-state index in [1.165, 1.54) is 12.1 Å². The second kappa shape index (κ2) is 8.33. The molecule has 152 valence electrons. The number of amides is 1. The summed E-state index contributed by atoms with van der Waals surface area (Å²) in [6, 6.07) is 14.7. The second-order valence-corrected chi connectivity index (χ2v) is 8.10. The number of H-pyrrole nitrogens is 1. The molecule has 0 saturated carbocycles. The van der Waals surface area contributed by atoms with Crippen LogP contribution in [0.4, 0.5) is 4.39 Å². The summed E-state index contributed by atoms with van der Waals surface area (Å²) in [5, 5.41) is 2.30. The van der Waals surface area contributed by atoms with Gasteiger partial charge in [0.2, 0.25) is 0 Å². The average molecular weight is 440 g/mol. The summed E-state index contributed by atoms with van der Waals surface area (Å²) in [6.07, 6.45) is 0. The first kappa shape index (κ1) is 20.2. The van der Waals surface area contributed by atoms with E-state index in [0.717, 1.165) is 9.44 Å². The summed E-state index contributed by atoms with van der Waals surface area (Å²) in [7, 11) is 0. The molecule has 0 aliphatic heterocycles. The van der Waals surface area contributed by atoms with Gasteiger partial charge < -0.3 is 9.88 Å². The molecular formula is C22H18FN3O2S2. The van der Waals surface area contributed by atoms with Gasteiger partial charge in [0.25, 0.3) is 11.5 Å². The number of hydrogen-bond acceptors (Lipinski definition) is 4. The molecule has 4 aromatic rings. The number of nitrogens with zero attached hydrogens (tertiary/aromatic N) is 2. The van der Waals surface area contributed by atoms with Gasteiger partial charge in [-0.15, -0.1) is 11.3 Å². The maximum atomic E-state index is 14.2. The number of para-hydroxylation sites is 1. The molecule has 0 aliphatic carbocycles. The summed E-state index contributed by atoms with van der Waals surface area (Å²) < 4.78 is 15.4. The van der Waals surface area contributed by atoms with Crippen molar-refractivity contribution in [3.05, 3.63) is 91.4 Å². The molecule has 2 aromatic heterocycles. The minimum atomic E-state index is -0.544. The topological polar surface area (TPSA) is 58.1 Å². The lowest BCUT2D eigenvalue weighted by Gasteiger charge is -2.20. The molecular weight excluding hydrogens is 421 g/mol. The molecule has 1 N–H and O–H groups in total. The highest BCUT2D eigenvalue weighted by Gasteiger charge is 2.17. The van der Waals surface area contributed by atoms with Gasteiger partial charge in [-0.25, -0.2) is 8.96 Å². The normalized spacial score (nSPS) is 11.0. The number of nitrogens with one attached hydrogen (secondary N) is 1. The monoisotopic (exact) mass is 439 g/mol. The van der Waals surface area contributed by atoms with Crippen LogP contribution in [0.5, 0.6) is 0 Å². The number of fused-ring (bicyclic) bond motifs is 1. The summed E-state index contributed by atoms with van der Waals surface area (Å²) in [5.41, 5.74) is 0.535. The Hall–Kier alpha value is -3.10. The smallest absolute Gasteiger partial charge is 0.266 e. The third kappa shape index (κ3) is 3.71. The van der Waals surface area contributed by atoms with Gasteiger partial charge in [-0.2, -0.15) is 0 Å². The minimum Gasteiger partial charge on any atom is -0.334 e. The molecule has 2 heterocycles. The van der Waals surface area contributed by atoms with Crippen LogP contribution in [0.15, 0.2) is 64.8 Å². The molecule has 1 amide bonds. The fourth-order valence-corrected chi connectivity index (χ4v) is 4.31. The van der Waals surface area contributed by atoms with Crippen molar-refractivity contribution in [2.75, 3.05) is 6.54 Å². The zero-order chi connectivity index (χ0) is 21.3. The zero-order valence-electron chi connectivity index (χ0n) is 16.1. The summed E-state index contributed by atoms with van der Waals surface area (Å²) >= 11 is 6.91. The SMILES string of the molecule is CCN(Cc1cccs1)C(=O)c1ccc2c(=O)n(-c3ccccc3F)c(=S)[nH]c2c1. The molecule has 2 aromatic carbocycles. The molecule has 0 atom stereocenters. The quantitative estimate of drug-likeness (QED) is 0.450. The number of aromatic amines is 1. The highest BCUT2D eigenvalue weighted by molar-refractivity contribution is 7.71. The first-order valence-electron chi connectivity index (χ1n) is 9.35. The number of carbonyl (C=O) groups excluding carboxylic acids is 1.